The van der Waals surface area contributed by atoms with Crippen LogP contribution in [0.15, 0.2) is 24.3 Å². The minimum absolute atomic E-state index is 0.0822. The van der Waals surface area contributed by atoms with E-state index in [-0.39, 0.29) is 23.4 Å². The van der Waals surface area contributed by atoms with Gasteiger partial charge in [0.25, 0.3) is 0 Å². The van der Waals surface area contributed by atoms with Crippen LogP contribution in [0.5, 0.6) is 0 Å². The Morgan fingerprint density at radius 3 is 2.42 bits per heavy atom. The third kappa shape index (κ3) is 4.27. The van der Waals surface area contributed by atoms with Gasteiger partial charge in [0.2, 0.25) is 5.91 Å². The normalized spacial score (nSPS) is 22.9. The zero-order chi connectivity index (χ0) is 18.1. The fraction of sp³-hybridized carbons (Fsp3) is 0.588. The Balaban J connectivity index is 1.99. The van der Waals surface area contributed by atoms with E-state index in [0.29, 0.717) is 12.2 Å². The molecule has 7 heteroatoms. The number of halogens is 3. The average molecular weight is 343 g/mol. The first-order valence-corrected chi connectivity index (χ1v) is 7.98. The molecule has 24 heavy (non-hydrogen) atoms. The number of hydrogen-bond donors (Lipinski definition) is 2. The molecule has 1 fully saturated rings. The van der Waals surface area contributed by atoms with Crippen molar-refractivity contribution in [1.29, 1.82) is 0 Å². The molecule has 1 aliphatic heterocycles. The highest BCUT2D eigenvalue weighted by atomic mass is 19.4. The van der Waals surface area contributed by atoms with Gasteiger partial charge in [0, 0.05) is 24.8 Å². The van der Waals surface area contributed by atoms with Crippen LogP contribution in [-0.4, -0.2) is 36.0 Å². The average Bonchev–Trinajstić information content (AvgIpc) is 2.48. The number of rotatable bonds is 3. The number of alkyl halides is 3. The van der Waals surface area contributed by atoms with Gasteiger partial charge < -0.3 is 11.1 Å². The minimum Gasteiger partial charge on any atom is -0.327 e. The van der Waals surface area contributed by atoms with Crippen LogP contribution >= 0.6 is 0 Å². The molecule has 1 saturated heterocycles. The number of hydrogen-bond acceptors (Lipinski definition) is 3. The molecular weight excluding hydrogens is 319 g/mol. The van der Waals surface area contributed by atoms with E-state index >= 15 is 0 Å². The first-order chi connectivity index (χ1) is 11.0. The summed E-state index contributed by atoms with van der Waals surface area (Å²) in [5.41, 5.74) is 5.64. The number of benzene rings is 1. The molecule has 3 N–H and O–H groups in total. The molecule has 0 saturated carbocycles. The van der Waals surface area contributed by atoms with E-state index in [9.17, 15) is 18.0 Å². The van der Waals surface area contributed by atoms with Crippen LogP contribution in [0.3, 0.4) is 0 Å². The van der Waals surface area contributed by atoms with Crippen molar-refractivity contribution in [1.82, 2.24) is 4.90 Å². The smallest absolute Gasteiger partial charge is 0.327 e. The number of nitrogens with zero attached hydrogens (tertiary/aromatic N) is 1. The Bertz CT molecular complexity index is 584. The molecule has 0 bridgehead atoms. The van der Waals surface area contributed by atoms with Crippen molar-refractivity contribution in [3.05, 3.63) is 29.8 Å². The summed E-state index contributed by atoms with van der Waals surface area (Å²) in [5, 5.41) is 2.68. The number of anilines is 1. The standard InChI is InChI=1S/C17H24F3N3O/c1-11(23-9-8-14(21)16(2,3)10-23)15(24)22-13-6-4-12(5-7-13)17(18,19)20/h4-7,11,14H,8-10,21H2,1-3H3,(H,22,24). The summed E-state index contributed by atoms with van der Waals surface area (Å²) in [7, 11) is 0. The predicted molar refractivity (Wildman–Crippen MR) is 87.5 cm³/mol. The molecule has 134 valence electrons. The van der Waals surface area contributed by atoms with Crippen LogP contribution in [0.1, 0.15) is 32.8 Å². The van der Waals surface area contributed by atoms with E-state index < -0.39 is 11.7 Å². The second-order valence-corrected chi connectivity index (χ2v) is 7.09. The van der Waals surface area contributed by atoms with Gasteiger partial charge in [-0.05, 0) is 43.0 Å². The molecule has 2 rings (SSSR count). The van der Waals surface area contributed by atoms with Crippen molar-refractivity contribution in [2.45, 2.75) is 45.5 Å². The molecule has 0 aliphatic carbocycles. The number of piperidine rings is 1. The lowest BCUT2D eigenvalue weighted by molar-refractivity contribution is -0.137. The minimum atomic E-state index is -4.38. The molecule has 0 spiro atoms. The SMILES string of the molecule is CC(C(=O)Nc1ccc(C(F)(F)F)cc1)N1CCC(N)C(C)(C)C1. The topological polar surface area (TPSA) is 58.4 Å². The predicted octanol–water partition coefficient (Wildman–Crippen LogP) is 3.09. The summed E-state index contributed by atoms with van der Waals surface area (Å²) < 4.78 is 37.7. The van der Waals surface area contributed by atoms with Gasteiger partial charge in [-0.15, -0.1) is 0 Å². The molecule has 1 heterocycles. The quantitative estimate of drug-likeness (QED) is 0.887. The molecule has 4 nitrogen and oxygen atoms in total. The zero-order valence-electron chi connectivity index (χ0n) is 14.2. The lowest BCUT2D eigenvalue weighted by atomic mass is 9.79. The molecule has 1 amide bonds. The second kappa shape index (κ2) is 6.72. The summed E-state index contributed by atoms with van der Waals surface area (Å²) in [4.78, 5) is 14.4. The molecule has 2 atom stereocenters. The van der Waals surface area contributed by atoms with E-state index in [0.717, 1.165) is 25.1 Å². The fourth-order valence-electron chi connectivity index (χ4n) is 2.90. The van der Waals surface area contributed by atoms with Crippen molar-refractivity contribution in [2.75, 3.05) is 18.4 Å². The maximum Gasteiger partial charge on any atom is 0.416 e. The number of nitrogens with two attached hydrogens (primary N) is 1. The van der Waals surface area contributed by atoms with Crippen molar-refractivity contribution in [3.8, 4) is 0 Å². The summed E-state index contributed by atoms with van der Waals surface area (Å²) in [5.74, 6) is -0.235. The number of likely N-dealkylation sites (tertiary alicyclic amines) is 1. The molecule has 1 aromatic carbocycles. The Labute approximate surface area is 140 Å². The molecule has 0 aromatic heterocycles. The third-order valence-electron chi connectivity index (χ3n) is 4.75. The molecule has 0 radical (unpaired) electrons. The van der Waals surface area contributed by atoms with E-state index in [1.54, 1.807) is 6.92 Å². The summed E-state index contributed by atoms with van der Waals surface area (Å²) in [6.07, 6.45) is -3.57. The Kier molecular flexibility index (Phi) is 5.25. The number of carbonyl (C=O) groups is 1. The van der Waals surface area contributed by atoms with E-state index in [1.165, 1.54) is 12.1 Å². The van der Waals surface area contributed by atoms with Crippen molar-refractivity contribution in [2.24, 2.45) is 11.1 Å². The van der Waals surface area contributed by atoms with Gasteiger partial charge in [0.15, 0.2) is 0 Å². The van der Waals surface area contributed by atoms with Gasteiger partial charge in [-0.25, -0.2) is 0 Å². The lowest BCUT2D eigenvalue weighted by Crippen LogP contribution is -2.56. The van der Waals surface area contributed by atoms with Crippen LogP contribution in [0.2, 0.25) is 0 Å². The number of nitrogens with one attached hydrogen (secondary N) is 1. The summed E-state index contributed by atoms with van der Waals surface area (Å²) >= 11 is 0. The van der Waals surface area contributed by atoms with E-state index in [4.69, 9.17) is 5.73 Å². The second-order valence-electron chi connectivity index (χ2n) is 7.09. The highest BCUT2D eigenvalue weighted by Gasteiger charge is 2.36. The highest BCUT2D eigenvalue weighted by molar-refractivity contribution is 5.94. The fourth-order valence-corrected chi connectivity index (χ4v) is 2.90. The van der Waals surface area contributed by atoms with Crippen molar-refractivity contribution < 1.29 is 18.0 Å². The van der Waals surface area contributed by atoms with Gasteiger partial charge >= 0.3 is 6.18 Å². The highest BCUT2D eigenvalue weighted by Crippen LogP contribution is 2.30. The van der Waals surface area contributed by atoms with Gasteiger partial charge in [0.05, 0.1) is 11.6 Å². The third-order valence-corrected chi connectivity index (χ3v) is 4.75. The molecule has 1 aliphatic rings. The molecular formula is C17H24F3N3O. The number of amides is 1. The first-order valence-electron chi connectivity index (χ1n) is 7.98. The Morgan fingerprint density at radius 2 is 1.92 bits per heavy atom. The van der Waals surface area contributed by atoms with E-state index in [1.807, 2.05) is 0 Å². The first kappa shape index (κ1) is 18.7. The Morgan fingerprint density at radius 1 is 1.33 bits per heavy atom. The van der Waals surface area contributed by atoms with Crippen LogP contribution in [0.25, 0.3) is 0 Å². The maximum absolute atomic E-state index is 12.6. The van der Waals surface area contributed by atoms with Crippen molar-refractivity contribution in [3.63, 3.8) is 0 Å². The van der Waals surface area contributed by atoms with Gasteiger partial charge in [-0.1, -0.05) is 13.8 Å². The van der Waals surface area contributed by atoms with Crippen LogP contribution in [-0.2, 0) is 11.0 Å². The van der Waals surface area contributed by atoms with Crippen molar-refractivity contribution >= 4 is 11.6 Å². The molecule has 2 unspecified atom stereocenters. The van der Waals surface area contributed by atoms with Gasteiger partial charge in [0.1, 0.15) is 0 Å². The summed E-state index contributed by atoms with van der Waals surface area (Å²) in [6.45, 7) is 7.38. The Hall–Kier alpha value is -1.60. The van der Waals surface area contributed by atoms with Gasteiger partial charge in [-0.2, -0.15) is 13.2 Å². The summed E-state index contributed by atoms with van der Waals surface area (Å²) in [6, 6.07) is 4.18. The van der Waals surface area contributed by atoms with E-state index in [2.05, 4.69) is 24.1 Å². The maximum atomic E-state index is 12.6. The zero-order valence-corrected chi connectivity index (χ0v) is 14.2. The van der Waals surface area contributed by atoms with Crippen LogP contribution < -0.4 is 11.1 Å². The lowest BCUT2D eigenvalue weighted by Gasteiger charge is -2.44. The van der Waals surface area contributed by atoms with Crippen LogP contribution in [0.4, 0.5) is 18.9 Å². The van der Waals surface area contributed by atoms with Crippen LogP contribution in [0, 0.1) is 5.41 Å². The number of carbonyl (C=O) groups excluding carboxylic acids is 1. The largest absolute Gasteiger partial charge is 0.416 e. The molecule has 1 aromatic rings. The van der Waals surface area contributed by atoms with Gasteiger partial charge in [-0.3, -0.25) is 9.69 Å². The monoisotopic (exact) mass is 343 g/mol.